The molecule has 7 nitrogen and oxygen atoms in total. The third-order valence-corrected chi connectivity index (χ3v) is 9.67. The quantitative estimate of drug-likeness (QED) is 0.643. The summed E-state index contributed by atoms with van der Waals surface area (Å²) >= 11 is 5.96. The van der Waals surface area contributed by atoms with Gasteiger partial charge in [0.05, 0.1) is 10.9 Å². The molecule has 9 heteroatoms. The van der Waals surface area contributed by atoms with Crippen molar-refractivity contribution in [1.82, 2.24) is 14.1 Å². The Balaban J connectivity index is 1.26. The van der Waals surface area contributed by atoms with Gasteiger partial charge >= 0.3 is 6.09 Å². The van der Waals surface area contributed by atoms with Crippen molar-refractivity contribution < 1.29 is 17.9 Å². The predicted molar refractivity (Wildman–Crippen MR) is 122 cm³/mol. The van der Waals surface area contributed by atoms with E-state index in [9.17, 15) is 13.2 Å². The van der Waals surface area contributed by atoms with E-state index in [0.29, 0.717) is 18.1 Å². The Kier molecular flexibility index (Phi) is 6.40. The van der Waals surface area contributed by atoms with Crippen LogP contribution in [0.25, 0.3) is 0 Å². The van der Waals surface area contributed by atoms with Gasteiger partial charge in [-0.05, 0) is 68.7 Å². The first kappa shape index (κ1) is 22.4. The zero-order valence-electron chi connectivity index (χ0n) is 18.4. The molecule has 0 radical (unpaired) electrons. The van der Waals surface area contributed by atoms with E-state index in [1.165, 1.54) is 12.8 Å². The average Bonchev–Trinajstić information content (AvgIpc) is 3.60. The number of rotatable bonds is 5. The third kappa shape index (κ3) is 4.65. The van der Waals surface area contributed by atoms with Crippen molar-refractivity contribution in [3.63, 3.8) is 0 Å². The van der Waals surface area contributed by atoms with Crippen LogP contribution in [0.5, 0.6) is 0 Å². The Morgan fingerprint density at radius 1 is 0.969 bits per heavy atom. The summed E-state index contributed by atoms with van der Waals surface area (Å²) in [5, 5.41) is 0.506. The Labute approximate surface area is 195 Å². The van der Waals surface area contributed by atoms with E-state index in [-0.39, 0.29) is 23.1 Å². The molecule has 1 amide bonds. The summed E-state index contributed by atoms with van der Waals surface area (Å²) in [6.07, 6.45) is 5.94. The van der Waals surface area contributed by atoms with E-state index in [1.807, 2.05) is 0 Å². The SMILES string of the molecule is O=C(O[C@H]1CCC2CCCC1N2S(=O)(=O)c1ccc(Cl)cc1)N1CCN(CC2CC2)CC1. The molecule has 3 atom stereocenters. The number of halogens is 1. The zero-order valence-corrected chi connectivity index (χ0v) is 19.9. The van der Waals surface area contributed by atoms with Crippen molar-refractivity contribution in [3.8, 4) is 0 Å². The Morgan fingerprint density at radius 2 is 1.69 bits per heavy atom. The van der Waals surface area contributed by atoms with E-state index < -0.39 is 16.1 Å². The van der Waals surface area contributed by atoms with Crippen molar-refractivity contribution in [2.75, 3.05) is 32.7 Å². The molecular formula is C23H32ClN3O4S. The van der Waals surface area contributed by atoms with Gasteiger partial charge in [0, 0.05) is 43.8 Å². The molecule has 0 aromatic heterocycles. The number of ether oxygens (including phenoxy) is 1. The molecule has 1 saturated carbocycles. The molecule has 32 heavy (non-hydrogen) atoms. The fourth-order valence-electron chi connectivity index (χ4n) is 5.48. The number of piperidine rings is 2. The fourth-order valence-corrected chi connectivity index (χ4v) is 7.53. The summed E-state index contributed by atoms with van der Waals surface area (Å²) in [6.45, 7) is 4.28. The number of nitrogens with zero attached hydrogens (tertiary/aromatic N) is 3. The number of hydrogen-bond acceptors (Lipinski definition) is 5. The van der Waals surface area contributed by atoms with Crippen molar-refractivity contribution in [2.45, 2.75) is 68.0 Å². The van der Waals surface area contributed by atoms with Crippen LogP contribution in [0.15, 0.2) is 29.2 Å². The maximum Gasteiger partial charge on any atom is 0.410 e. The highest BCUT2D eigenvalue weighted by Crippen LogP contribution is 2.39. The van der Waals surface area contributed by atoms with Crippen LogP contribution in [0.2, 0.25) is 5.02 Å². The lowest BCUT2D eigenvalue weighted by molar-refractivity contribution is -0.0289. The Morgan fingerprint density at radius 3 is 2.38 bits per heavy atom. The highest BCUT2D eigenvalue weighted by atomic mass is 35.5. The molecule has 1 aliphatic carbocycles. The molecule has 3 aliphatic heterocycles. The topological polar surface area (TPSA) is 70.2 Å². The van der Waals surface area contributed by atoms with Crippen molar-refractivity contribution in [3.05, 3.63) is 29.3 Å². The van der Waals surface area contributed by atoms with Gasteiger partial charge in [-0.1, -0.05) is 18.0 Å². The van der Waals surface area contributed by atoms with Crippen LogP contribution >= 0.6 is 11.6 Å². The molecule has 176 valence electrons. The number of hydrogen-bond donors (Lipinski definition) is 0. The molecule has 0 spiro atoms. The summed E-state index contributed by atoms with van der Waals surface area (Å²) < 4.78 is 34.6. The van der Waals surface area contributed by atoms with Gasteiger partial charge in [-0.25, -0.2) is 13.2 Å². The Hall–Kier alpha value is -1.35. The van der Waals surface area contributed by atoms with Gasteiger partial charge in [-0.3, -0.25) is 4.90 Å². The van der Waals surface area contributed by atoms with Crippen LogP contribution in [-0.4, -0.2) is 79.5 Å². The number of piperazine rings is 1. The van der Waals surface area contributed by atoms with Crippen LogP contribution < -0.4 is 0 Å². The first-order valence-electron chi connectivity index (χ1n) is 11.9. The molecule has 0 N–H and O–H groups in total. The lowest BCUT2D eigenvalue weighted by Gasteiger charge is -2.48. The van der Waals surface area contributed by atoms with Crippen molar-refractivity contribution in [1.29, 1.82) is 0 Å². The van der Waals surface area contributed by atoms with Gasteiger partial charge in [0.25, 0.3) is 0 Å². The minimum atomic E-state index is -3.68. The Bertz CT molecular complexity index is 929. The largest absolute Gasteiger partial charge is 0.444 e. The van der Waals surface area contributed by atoms with E-state index in [2.05, 4.69) is 4.90 Å². The molecule has 1 aromatic rings. The summed E-state index contributed by atoms with van der Waals surface area (Å²) in [6, 6.07) is 6.00. The van der Waals surface area contributed by atoms with E-state index in [1.54, 1.807) is 33.5 Å². The maximum absolute atomic E-state index is 13.5. The molecule has 2 unspecified atom stereocenters. The molecule has 1 aromatic carbocycles. The number of carbonyl (C=O) groups is 1. The van der Waals surface area contributed by atoms with E-state index in [0.717, 1.165) is 57.7 Å². The second-order valence-corrected chi connectivity index (χ2v) is 12.0. The van der Waals surface area contributed by atoms with Gasteiger partial charge < -0.3 is 9.64 Å². The van der Waals surface area contributed by atoms with Crippen LogP contribution in [0.4, 0.5) is 4.79 Å². The molecule has 5 rings (SSSR count). The predicted octanol–water partition coefficient (Wildman–Crippen LogP) is 3.58. The number of carbonyl (C=O) groups excluding carboxylic acids is 1. The van der Waals surface area contributed by atoms with Crippen LogP contribution in [0, 0.1) is 5.92 Å². The molecular weight excluding hydrogens is 450 g/mol. The lowest BCUT2D eigenvalue weighted by atomic mass is 9.85. The highest BCUT2D eigenvalue weighted by Gasteiger charge is 2.48. The van der Waals surface area contributed by atoms with Gasteiger partial charge in [0.2, 0.25) is 10.0 Å². The second-order valence-electron chi connectivity index (χ2n) is 9.67. The summed E-state index contributed by atoms with van der Waals surface area (Å²) in [5.41, 5.74) is 0. The molecule has 3 saturated heterocycles. The molecule has 2 bridgehead atoms. The van der Waals surface area contributed by atoms with E-state index >= 15 is 0 Å². The zero-order chi connectivity index (χ0) is 22.3. The number of fused-ring (bicyclic) bond motifs is 2. The minimum absolute atomic E-state index is 0.0321. The minimum Gasteiger partial charge on any atom is -0.444 e. The van der Waals surface area contributed by atoms with Gasteiger partial charge in [-0.15, -0.1) is 0 Å². The van der Waals surface area contributed by atoms with Crippen LogP contribution in [0.3, 0.4) is 0 Å². The standard InChI is InChI=1S/C23H32ClN3O4S/c24-18-6-9-20(10-7-18)32(29,30)27-19-2-1-3-21(27)22(11-8-19)31-23(28)26-14-12-25(13-15-26)16-17-4-5-17/h6-7,9-10,17,19,21-22H,1-5,8,11-16H2/t19?,21?,22-/m0/s1. The molecule has 4 fully saturated rings. The number of benzene rings is 1. The normalized spacial score (nSPS) is 29.7. The lowest BCUT2D eigenvalue weighted by Crippen LogP contribution is -2.59. The van der Waals surface area contributed by atoms with Gasteiger partial charge in [0.1, 0.15) is 6.10 Å². The number of amides is 1. The first-order chi connectivity index (χ1) is 15.4. The first-order valence-corrected chi connectivity index (χ1v) is 13.7. The van der Waals surface area contributed by atoms with Crippen LogP contribution in [-0.2, 0) is 14.8 Å². The number of sulfonamides is 1. The van der Waals surface area contributed by atoms with Crippen LogP contribution in [0.1, 0.15) is 44.9 Å². The monoisotopic (exact) mass is 481 g/mol. The molecule has 3 heterocycles. The van der Waals surface area contributed by atoms with Crippen molar-refractivity contribution >= 4 is 27.7 Å². The summed E-state index contributed by atoms with van der Waals surface area (Å²) in [7, 11) is -3.68. The molecule has 4 aliphatic rings. The average molecular weight is 482 g/mol. The smallest absolute Gasteiger partial charge is 0.410 e. The van der Waals surface area contributed by atoms with E-state index in [4.69, 9.17) is 16.3 Å². The third-order valence-electron chi connectivity index (χ3n) is 7.42. The second kappa shape index (κ2) is 9.12. The summed E-state index contributed by atoms with van der Waals surface area (Å²) in [4.78, 5) is 17.4. The van der Waals surface area contributed by atoms with Gasteiger partial charge in [0.15, 0.2) is 0 Å². The maximum atomic E-state index is 13.5. The summed E-state index contributed by atoms with van der Waals surface area (Å²) in [5.74, 6) is 0.851. The fraction of sp³-hybridized carbons (Fsp3) is 0.696. The highest BCUT2D eigenvalue weighted by molar-refractivity contribution is 7.89. The van der Waals surface area contributed by atoms with Crippen molar-refractivity contribution in [2.24, 2.45) is 5.92 Å². The van der Waals surface area contributed by atoms with Gasteiger partial charge in [-0.2, -0.15) is 4.31 Å².